The van der Waals surface area contributed by atoms with Gasteiger partial charge in [-0.2, -0.15) is 0 Å². The standard InChI is InChI=1S/C24H19NO4/c1-25-21-8-3-2-7-19(21)22(26)20(23(25)27)14-15-5-4-6-18(13-15)16-9-11-17(12-10-16)24(28)29/h2-13,26H,14H2,1H3,(H,28,29). The predicted molar refractivity (Wildman–Crippen MR) is 112 cm³/mol. The number of aromatic carboxylic acids is 1. The van der Waals surface area contributed by atoms with Gasteiger partial charge in [-0.3, -0.25) is 4.79 Å². The minimum absolute atomic E-state index is 0.0138. The minimum atomic E-state index is -0.965. The zero-order chi connectivity index (χ0) is 20.5. The molecule has 0 aliphatic rings. The molecule has 0 saturated carbocycles. The molecule has 0 spiro atoms. The zero-order valence-corrected chi connectivity index (χ0v) is 15.8. The van der Waals surface area contributed by atoms with Crippen LogP contribution in [0.4, 0.5) is 0 Å². The molecule has 144 valence electrons. The molecular formula is C24H19NO4. The van der Waals surface area contributed by atoms with Crippen molar-refractivity contribution in [3.05, 3.63) is 99.8 Å². The quantitative estimate of drug-likeness (QED) is 0.552. The molecule has 0 radical (unpaired) electrons. The lowest BCUT2D eigenvalue weighted by Gasteiger charge is -2.12. The van der Waals surface area contributed by atoms with Crippen LogP contribution in [0.25, 0.3) is 22.0 Å². The number of aromatic hydroxyl groups is 1. The maximum Gasteiger partial charge on any atom is 0.335 e. The number of rotatable bonds is 4. The summed E-state index contributed by atoms with van der Waals surface area (Å²) in [4.78, 5) is 23.8. The van der Waals surface area contributed by atoms with Crippen molar-refractivity contribution >= 4 is 16.9 Å². The Labute approximate surface area is 167 Å². The average Bonchev–Trinajstić information content (AvgIpc) is 2.75. The van der Waals surface area contributed by atoms with E-state index in [1.807, 2.05) is 42.5 Å². The number of para-hydroxylation sites is 1. The van der Waals surface area contributed by atoms with Crippen LogP contribution in [0.3, 0.4) is 0 Å². The van der Waals surface area contributed by atoms with Gasteiger partial charge in [-0.1, -0.05) is 48.5 Å². The van der Waals surface area contributed by atoms with Crippen molar-refractivity contribution in [1.82, 2.24) is 4.57 Å². The Kier molecular flexibility index (Phi) is 4.64. The second-order valence-corrected chi connectivity index (χ2v) is 6.97. The lowest BCUT2D eigenvalue weighted by atomic mass is 9.98. The second-order valence-electron chi connectivity index (χ2n) is 6.97. The van der Waals surface area contributed by atoms with E-state index in [1.165, 1.54) is 0 Å². The van der Waals surface area contributed by atoms with Crippen LogP contribution >= 0.6 is 0 Å². The van der Waals surface area contributed by atoms with Gasteiger partial charge in [0.15, 0.2) is 0 Å². The molecule has 0 atom stereocenters. The first-order valence-electron chi connectivity index (χ1n) is 9.18. The van der Waals surface area contributed by atoms with Crippen LogP contribution in [0.2, 0.25) is 0 Å². The fourth-order valence-corrected chi connectivity index (χ4v) is 3.57. The van der Waals surface area contributed by atoms with E-state index in [1.54, 1.807) is 41.9 Å². The summed E-state index contributed by atoms with van der Waals surface area (Å²) in [5.41, 5.74) is 3.72. The Balaban J connectivity index is 1.74. The van der Waals surface area contributed by atoms with Gasteiger partial charge in [-0.25, -0.2) is 4.79 Å². The highest BCUT2D eigenvalue weighted by Crippen LogP contribution is 2.28. The molecule has 1 heterocycles. The molecule has 4 aromatic rings. The van der Waals surface area contributed by atoms with Crippen LogP contribution in [0.15, 0.2) is 77.6 Å². The van der Waals surface area contributed by atoms with E-state index in [0.717, 1.165) is 16.7 Å². The maximum atomic E-state index is 12.8. The molecule has 0 amide bonds. The number of nitrogens with zero attached hydrogens (tertiary/aromatic N) is 1. The van der Waals surface area contributed by atoms with Gasteiger partial charge in [0.25, 0.3) is 5.56 Å². The SMILES string of the molecule is Cn1c(=O)c(Cc2cccc(-c3ccc(C(=O)O)cc3)c2)c(O)c2ccccc21. The van der Waals surface area contributed by atoms with E-state index in [0.29, 0.717) is 22.9 Å². The number of aromatic nitrogens is 1. The van der Waals surface area contributed by atoms with Crippen molar-refractivity contribution in [3.8, 4) is 16.9 Å². The van der Waals surface area contributed by atoms with Crippen LogP contribution in [-0.2, 0) is 13.5 Å². The smallest absolute Gasteiger partial charge is 0.335 e. The van der Waals surface area contributed by atoms with Gasteiger partial charge in [0.1, 0.15) is 5.75 Å². The highest BCUT2D eigenvalue weighted by Gasteiger charge is 2.15. The highest BCUT2D eigenvalue weighted by molar-refractivity contribution is 5.88. The molecular weight excluding hydrogens is 366 g/mol. The van der Waals surface area contributed by atoms with E-state index < -0.39 is 5.97 Å². The number of fused-ring (bicyclic) bond motifs is 1. The lowest BCUT2D eigenvalue weighted by molar-refractivity contribution is 0.0697. The number of benzene rings is 3. The number of hydrogen-bond donors (Lipinski definition) is 2. The monoisotopic (exact) mass is 385 g/mol. The van der Waals surface area contributed by atoms with E-state index in [-0.39, 0.29) is 16.9 Å². The number of carbonyl (C=O) groups is 1. The van der Waals surface area contributed by atoms with Crippen LogP contribution < -0.4 is 5.56 Å². The third kappa shape index (κ3) is 3.38. The summed E-state index contributed by atoms with van der Waals surface area (Å²) in [5.74, 6) is -0.951. The minimum Gasteiger partial charge on any atom is -0.507 e. The summed E-state index contributed by atoms with van der Waals surface area (Å²) in [6, 6.07) is 21.6. The van der Waals surface area contributed by atoms with Crippen LogP contribution in [-0.4, -0.2) is 20.7 Å². The number of carboxylic acid groups (broad SMARTS) is 1. The van der Waals surface area contributed by atoms with Gasteiger partial charge in [-0.05, 0) is 41.0 Å². The Morgan fingerprint density at radius 2 is 1.66 bits per heavy atom. The van der Waals surface area contributed by atoms with E-state index in [2.05, 4.69) is 0 Å². The second kappa shape index (κ2) is 7.28. The number of carboxylic acids is 1. The first kappa shape index (κ1) is 18.5. The molecule has 0 aliphatic carbocycles. The third-order valence-electron chi connectivity index (χ3n) is 5.14. The number of pyridine rings is 1. The van der Waals surface area contributed by atoms with Gasteiger partial charge in [0.05, 0.1) is 16.6 Å². The molecule has 4 rings (SSSR count). The predicted octanol–water partition coefficient (Wildman–Crippen LogP) is 4.20. The summed E-state index contributed by atoms with van der Waals surface area (Å²) in [7, 11) is 1.70. The summed E-state index contributed by atoms with van der Waals surface area (Å²) in [6.45, 7) is 0. The Morgan fingerprint density at radius 3 is 2.38 bits per heavy atom. The van der Waals surface area contributed by atoms with Crippen LogP contribution in [0.5, 0.6) is 5.75 Å². The highest BCUT2D eigenvalue weighted by atomic mass is 16.4. The molecule has 0 aliphatic heterocycles. The maximum absolute atomic E-state index is 12.8. The largest absolute Gasteiger partial charge is 0.507 e. The average molecular weight is 385 g/mol. The Morgan fingerprint density at radius 1 is 0.931 bits per heavy atom. The molecule has 0 bridgehead atoms. The van der Waals surface area contributed by atoms with Crippen molar-refractivity contribution < 1.29 is 15.0 Å². The van der Waals surface area contributed by atoms with Crippen molar-refractivity contribution in [3.63, 3.8) is 0 Å². The molecule has 3 aromatic carbocycles. The molecule has 0 saturated heterocycles. The van der Waals surface area contributed by atoms with Crippen molar-refractivity contribution in [2.45, 2.75) is 6.42 Å². The van der Waals surface area contributed by atoms with Crippen LogP contribution in [0, 0.1) is 0 Å². The zero-order valence-electron chi connectivity index (χ0n) is 15.8. The fraction of sp³-hybridized carbons (Fsp3) is 0.0833. The van der Waals surface area contributed by atoms with Gasteiger partial charge in [0, 0.05) is 18.9 Å². The molecule has 5 heteroatoms. The summed E-state index contributed by atoms with van der Waals surface area (Å²) in [6.07, 6.45) is 0.296. The Hall–Kier alpha value is -3.86. The van der Waals surface area contributed by atoms with Crippen LogP contribution in [0.1, 0.15) is 21.5 Å². The number of hydrogen-bond acceptors (Lipinski definition) is 3. The molecule has 0 fully saturated rings. The normalized spacial score (nSPS) is 10.9. The number of aryl methyl sites for hydroxylation is 1. The van der Waals surface area contributed by atoms with Crippen molar-refractivity contribution in [2.75, 3.05) is 0 Å². The van der Waals surface area contributed by atoms with E-state index >= 15 is 0 Å². The van der Waals surface area contributed by atoms with Crippen molar-refractivity contribution in [1.29, 1.82) is 0 Å². The summed E-state index contributed by atoms with van der Waals surface area (Å²) >= 11 is 0. The first-order valence-corrected chi connectivity index (χ1v) is 9.18. The molecule has 1 aromatic heterocycles. The Bertz CT molecular complexity index is 1290. The molecule has 5 nitrogen and oxygen atoms in total. The van der Waals surface area contributed by atoms with Gasteiger partial charge >= 0.3 is 5.97 Å². The van der Waals surface area contributed by atoms with E-state index in [9.17, 15) is 14.7 Å². The summed E-state index contributed by atoms with van der Waals surface area (Å²) < 4.78 is 1.55. The van der Waals surface area contributed by atoms with Gasteiger partial charge in [-0.15, -0.1) is 0 Å². The molecule has 2 N–H and O–H groups in total. The van der Waals surface area contributed by atoms with Gasteiger partial charge in [0.2, 0.25) is 0 Å². The molecule has 29 heavy (non-hydrogen) atoms. The topological polar surface area (TPSA) is 79.5 Å². The fourth-order valence-electron chi connectivity index (χ4n) is 3.57. The summed E-state index contributed by atoms with van der Waals surface area (Å²) in [5, 5.41) is 20.4. The molecule has 0 unspecified atom stereocenters. The van der Waals surface area contributed by atoms with Crippen molar-refractivity contribution in [2.24, 2.45) is 7.05 Å². The first-order chi connectivity index (χ1) is 14.0. The third-order valence-corrected chi connectivity index (χ3v) is 5.14. The van der Waals surface area contributed by atoms with E-state index in [4.69, 9.17) is 5.11 Å². The lowest BCUT2D eigenvalue weighted by Crippen LogP contribution is -2.21. The van der Waals surface area contributed by atoms with Gasteiger partial charge < -0.3 is 14.8 Å².